The van der Waals surface area contributed by atoms with Crippen molar-refractivity contribution < 1.29 is 4.74 Å². The first-order chi connectivity index (χ1) is 10.2. The lowest BCUT2D eigenvalue weighted by molar-refractivity contribution is 0.0394. The molecule has 0 heterocycles. The Balaban J connectivity index is 2.10. The molecule has 0 saturated heterocycles. The first kappa shape index (κ1) is 16.2. The zero-order valence-corrected chi connectivity index (χ0v) is 14.2. The smallest absolute Gasteiger partial charge is 0.0956 e. The van der Waals surface area contributed by atoms with Gasteiger partial charge in [0.05, 0.1) is 12.7 Å². The maximum absolute atomic E-state index is 6.19. The fourth-order valence-electron chi connectivity index (χ4n) is 2.29. The summed E-state index contributed by atoms with van der Waals surface area (Å²) in [5.41, 5.74) is 3.70. The molecule has 0 amide bonds. The van der Waals surface area contributed by atoms with Crippen molar-refractivity contribution in [2.45, 2.75) is 26.6 Å². The van der Waals surface area contributed by atoms with E-state index in [2.05, 4.69) is 65.4 Å². The highest BCUT2D eigenvalue weighted by Gasteiger charge is 2.14. The fourth-order valence-corrected chi connectivity index (χ4v) is 2.69. The number of rotatable bonds is 7. The topological polar surface area (TPSA) is 21.3 Å². The molecule has 3 heteroatoms. The largest absolute Gasteiger partial charge is 0.367 e. The van der Waals surface area contributed by atoms with Gasteiger partial charge in [0.25, 0.3) is 0 Å². The highest BCUT2D eigenvalue weighted by atomic mass is 79.9. The van der Waals surface area contributed by atoms with Crippen LogP contribution in [0.5, 0.6) is 0 Å². The number of aryl methyl sites for hydroxylation is 1. The third-order valence-corrected chi connectivity index (χ3v) is 4.29. The molecule has 0 aliphatic carbocycles. The average molecular weight is 348 g/mol. The number of nitrogens with one attached hydrogen (secondary N) is 1. The predicted octanol–water partition coefficient (Wildman–Crippen LogP) is 4.62. The Bertz CT molecular complexity index is 571. The summed E-state index contributed by atoms with van der Waals surface area (Å²) in [6.07, 6.45) is 0.0678. The summed E-state index contributed by atoms with van der Waals surface area (Å²) in [6, 6.07) is 16.6. The van der Waals surface area contributed by atoms with Gasteiger partial charge < -0.3 is 10.1 Å². The number of likely N-dealkylation sites (N-methyl/N-ethyl adjacent to an activating group) is 1. The van der Waals surface area contributed by atoms with Crippen LogP contribution in [-0.4, -0.2) is 13.1 Å². The van der Waals surface area contributed by atoms with Gasteiger partial charge in [-0.15, -0.1) is 0 Å². The molecular formula is C18H22BrNO. The van der Waals surface area contributed by atoms with E-state index in [1.807, 2.05) is 18.2 Å². The summed E-state index contributed by atoms with van der Waals surface area (Å²) in [5, 5.41) is 3.39. The lowest BCUT2D eigenvalue weighted by atomic mass is 10.0. The van der Waals surface area contributed by atoms with E-state index < -0.39 is 0 Å². The van der Waals surface area contributed by atoms with E-state index in [4.69, 9.17) is 4.74 Å². The summed E-state index contributed by atoms with van der Waals surface area (Å²) in [7, 11) is 0. The molecular weight excluding hydrogens is 326 g/mol. The fraction of sp³-hybridized carbons (Fsp3) is 0.333. The molecule has 1 N–H and O–H groups in total. The van der Waals surface area contributed by atoms with Crippen molar-refractivity contribution >= 4 is 15.9 Å². The van der Waals surface area contributed by atoms with Gasteiger partial charge in [0, 0.05) is 11.0 Å². The molecule has 0 aromatic heterocycles. The van der Waals surface area contributed by atoms with Gasteiger partial charge in [0.15, 0.2) is 0 Å². The van der Waals surface area contributed by atoms with Gasteiger partial charge in [-0.1, -0.05) is 65.3 Å². The summed E-state index contributed by atoms with van der Waals surface area (Å²) >= 11 is 3.57. The van der Waals surface area contributed by atoms with Crippen LogP contribution < -0.4 is 5.32 Å². The quantitative estimate of drug-likeness (QED) is 0.788. The second-order valence-electron chi connectivity index (χ2n) is 5.06. The average Bonchev–Trinajstić information content (AvgIpc) is 2.50. The van der Waals surface area contributed by atoms with Crippen LogP contribution in [0.2, 0.25) is 0 Å². The molecule has 2 aromatic rings. The van der Waals surface area contributed by atoms with E-state index in [0.717, 1.165) is 17.6 Å². The van der Waals surface area contributed by atoms with E-state index >= 15 is 0 Å². The maximum Gasteiger partial charge on any atom is 0.0956 e. The van der Waals surface area contributed by atoms with Gasteiger partial charge >= 0.3 is 0 Å². The predicted molar refractivity (Wildman–Crippen MR) is 91.4 cm³/mol. The molecule has 2 rings (SSSR count). The minimum absolute atomic E-state index is 0.0678. The normalized spacial score (nSPS) is 12.3. The Morgan fingerprint density at radius 3 is 2.52 bits per heavy atom. The van der Waals surface area contributed by atoms with Crippen molar-refractivity contribution in [3.05, 3.63) is 69.7 Å². The molecule has 0 bridgehead atoms. The van der Waals surface area contributed by atoms with Crippen LogP contribution in [0.1, 0.15) is 29.7 Å². The zero-order valence-electron chi connectivity index (χ0n) is 12.6. The monoisotopic (exact) mass is 347 g/mol. The van der Waals surface area contributed by atoms with E-state index in [0.29, 0.717) is 6.61 Å². The minimum Gasteiger partial charge on any atom is -0.367 e. The van der Waals surface area contributed by atoms with Gasteiger partial charge in [0.1, 0.15) is 0 Å². The molecule has 2 nitrogen and oxygen atoms in total. The Morgan fingerprint density at radius 1 is 1.10 bits per heavy atom. The number of ether oxygens (including phenoxy) is 1. The van der Waals surface area contributed by atoms with Crippen LogP contribution in [0.4, 0.5) is 0 Å². The number of benzene rings is 2. The summed E-state index contributed by atoms with van der Waals surface area (Å²) < 4.78 is 7.28. The van der Waals surface area contributed by atoms with Crippen LogP contribution in [0.15, 0.2) is 53.0 Å². The first-order valence-electron chi connectivity index (χ1n) is 7.33. The molecule has 0 saturated carbocycles. The molecule has 2 aromatic carbocycles. The Kier molecular flexibility index (Phi) is 6.43. The highest BCUT2D eigenvalue weighted by molar-refractivity contribution is 9.10. The molecule has 0 fully saturated rings. The van der Waals surface area contributed by atoms with Crippen LogP contribution >= 0.6 is 15.9 Å². The number of hydrogen-bond donors (Lipinski definition) is 1. The standard InChI is InChI=1S/C18H22BrNO/c1-3-20-12-18(16-10-6-4-8-14(16)2)21-13-15-9-5-7-11-17(15)19/h4-11,18,20H,3,12-13H2,1-2H3. The van der Waals surface area contributed by atoms with Gasteiger partial charge in [0.2, 0.25) is 0 Å². The van der Waals surface area contributed by atoms with Crippen molar-refractivity contribution in [3.63, 3.8) is 0 Å². The van der Waals surface area contributed by atoms with Gasteiger partial charge in [-0.3, -0.25) is 0 Å². The van der Waals surface area contributed by atoms with Crippen LogP contribution in [-0.2, 0) is 11.3 Å². The molecule has 21 heavy (non-hydrogen) atoms. The van der Waals surface area contributed by atoms with Crippen LogP contribution in [0.25, 0.3) is 0 Å². The van der Waals surface area contributed by atoms with Crippen molar-refractivity contribution in [2.24, 2.45) is 0 Å². The number of halogens is 1. The zero-order chi connectivity index (χ0) is 15.1. The molecule has 0 radical (unpaired) electrons. The molecule has 112 valence electrons. The van der Waals surface area contributed by atoms with E-state index in [1.54, 1.807) is 0 Å². The van der Waals surface area contributed by atoms with Crippen molar-refractivity contribution in [1.82, 2.24) is 5.32 Å². The van der Waals surface area contributed by atoms with Gasteiger partial charge in [-0.05, 0) is 36.2 Å². The van der Waals surface area contributed by atoms with E-state index in [9.17, 15) is 0 Å². The number of hydrogen-bond acceptors (Lipinski definition) is 2. The third kappa shape index (κ3) is 4.67. The highest BCUT2D eigenvalue weighted by Crippen LogP contribution is 2.24. The Labute approximate surface area is 135 Å². The SMILES string of the molecule is CCNCC(OCc1ccccc1Br)c1ccccc1C. The van der Waals surface area contributed by atoms with Crippen molar-refractivity contribution in [1.29, 1.82) is 0 Å². The molecule has 1 atom stereocenters. The van der Waals surface area contributed by atoms with Crippen molar-refractivity contribution in [2.75, 3.05) is 13.1 Å². The van der Waals surface area contributed by atoms with Gasteiger partial charge in [-0.2, -0.15) is 0 Å². The third-order valence-electron chi connectivity index (χ3n) is 3.51. The van der Waals surface area contributed by atoms with Crippen LogP contribution in [0.3, 0.4) is 0 Å². The molecule has 0 aliphatic rings. The lowest BCUT2D eigenvalue weighted by Gasteiger charge is -2.21. The van der Waals surface area contributed by atoms with E-state index in [1.165, 1.54) is 16.7 Å². The second-order valence-corrected chi connectivity index (χ2v) is 5.91. The molecule has 0 aliphatic heterocycles. The second kappa shape index (κ2) is 8.32. The minimum atomic E-state index is 0.0678. The first-order valence-corrected chi connectivity index (χ1v) is 8.13. The van der Waals surface area contributed by atoms with Crippen molar-refractivity contribution in [3.8, 4) is 0 Å². The molecule has 0 spiro atoms. The lowest BCUT2D eigenvalue weighted by Crippen LogP contribution is -2.23. The maximum atomic E-state index is 6.19. The summed E-state index contributed by atoms with van der Waals surface area (Å²) in [5.74, 6) is 0. The Morgan fingerprint density at radius 2 is 1.81 bits per heavy atom. The van der Waals surface area contributed by atoms with E-state index in [-0.39, 0.29) is 6.10 Å². The molecule has 1 unspecified atom stereocenters. The summed E-state index contributed by atoms with van der Waals surface area (Å²) in [6.45, 7) is 6.62. The summed E-state index contributed by atoms with van der Waals surface area (Å²) in [4.78, 5) is 0. The Hall–Kier alpha value is -1.16. The van der Waals surface area contributed by atoms with Crippen LogP contribution in [0, 0.1) is 6.92 Å². The van der Waals surface area contributed by atoms with Gasteiger partial charge in [-0.25, -0.2) is 0 Å².